The van der Waals surface area contributed by atoms with Crippen molar-refractivity contribution in [2.75, 3.05) is 17.3 Å². The molecule has 0 radical (unpaired) electrons. The predicted molar refractivity (Wildman–Crippen MR) is 106 cm³/mol. The van der Waals surface area contributed by atoms with Crippen LogP contribution in [0.15, 0.2) is 29.2 Å². The normalized spacial score (nSPS) is 11.1. The van der Waals surface area contributed by atoms with Crippen molar-refractivity contribution in [3.63, 3.8) is 0 Å². The molecule has 0 aliphatic carbocycles. The number of ketones is 1. The number of hydrogen-bond acceptors (Lipinski definition) is 4. The highest BCUT2D eigenvalue weighted by Gasteiger charge is 2.19. The highest BCUT2D eigenvalue weighted by atomic mass is 32.2. The van der Waals surface area contributed by atoms with E-state index in [4.69, 9.17) is 0 Å². The zero-order chi connectivity index (χ0) is 19.3. The predicted octanol–water partition coefficient (Wildman–Crippen LogP) is 4.08. The molecule has 0 saturated heterocycles. The van der Waals surface area contributed by atoms with Gasteiger partial charge in [0.15, 0.2) is 11.5 Å². The largest absolute Gasteiger partial charge is 0.744 e. The molecule has 0 aromatic heterocycles. The topological polar surface area (TPSA) is 74.3 Å². The van der Waals surface area contributed by atoms with Gasteiger partial charge in [0.05, 0.1) is 4.90 Å². The summed E-state index contributed by atoms with van der Waals surface area (Å²) in [5.41, 5.74) is 0.928. The molecule has 0 unspecified atom stereocenters. The number of benzene rings is 1. The first-order valence-electron chi connectivity index (χ1n) is 8.92. The summed E-state index contributed by atoms with van der Waals surface area (Å²) in [6.07, 6.45) is 5.83. The van der Waals surface area contributed by atoms with Crippen molar-refractivity contribution in [3.05, 3.63) is 29.8 Å². The summed E-state index contributed by atoms with van der Waals surface area (Å²) in [4.78, 5) is 11.2. The Morgan fingerprint density at radius 2 is 1.48 bits per heavy atom. The van der Waals surface area contributed by atoms with E-state index in [0.717, 1.165) is 17.7 Å². The molecule has 1 rings (SSSR count). The first-order chi connectivity index (χ1) is 11.7. The molecule has 0 saturated carbocycles. The lowest BCUT2D eigenvalue weighted by molar-refractivity contribution is -0.116. The summed E-state index contributed by atoms with van der Waals surface area (Å²) in [7, 11) is -3.87. The van der Waals surface area contributed by atoms with Gasteiger partial charge in [-0.15, -0.1) is 0 Å². The Morgan fingerprint density at radius 1 is 1.00 bits per heavy atom. The van der Waals surface area contributed by atoms with E-state index in [1.165, 1.54) is 49.3 Å². The molecular weight excluding hydrogens is 356 g/mol. The van der Waals surface area contributed by atoms with Gasteiger partial charge in [0.1, 0.15) is 21.6 Å². The molecule has 25 heavy (non-hydrogen) atoms. The Bertz CT molecular complexity index is 572. The number of Topliss-reactive ketones (excluding diaryl/α,β-unsaturated/α-hetero) is 1. The van der Waals surface area contributed by atoms with Gasteiger partial charge in [0.2, 0.25) is 0 Å². The minimum Gasteiger partial charge on any atom is -0.744 e. The average Bonchev–Trinajstić information content (AvgIpc) is 2.57. The highest BCUT2D eigenvalue weighted by molar-refractivity contribution is 7.97. The molecule has 144 valence electrons. The minimum absolute atomic E-state index is 0.178. The maximum Gasteiger partial charge on any atom is 0.181 e. The molecule has 0 bridgehead atoms. The van der Waals surface area contributed by atoms with Crippen molar-refractivity contribution in [2.24, 2.45) is 0 Å². The van der Waals surface area contributed by atoms with Crippen molar-refractivity contribution in [3.8, 4) is 0 Å². The van der Waals surface area contributed by atoms with Gasteiger partial charge in [-0.1, -0.05) is 51.3 Å². The third-order valence-corrected chi connectivity index (χ3v) is 6.95. The molecule has 0 aliphatic heterocycles. The zero-order valence-electron chi connectivity index (χ0n) is 15.9. The number of rotatable bonds is 10. The van der Waals surface area contributed by atoms with Gasteiger partial charge in [-0.3, -0.25) is 4.79 Å². The molecule has 0 aliphatic rings. The smallest absolute Gasteiger partial charge is 0.181 e. The average molecular weight is 389 g/mol. The Hall–Kier alpha value is -0.850. The highest BCUT2D eigenvalue weighted by Crippen LogP contribution is 2.08. The molecule has 0 spiro atoms. The maximum atomic E-state index is 11.4. The fourth-order valence-electron chi connectivity index (χ4n) is 1.98. The summed E-state index contributed by atoms with van der Waals surface area (Å²) in [6.45, 7) is 8.25. The lowest BCUT2D eigenvalue weighted by atomic mass is 10.2. The van der Waals surface area contributed by atoms with E-state index in [0.29, 0.717) is 16.7 Å². The standard InChI is InChI=1S/C12H25OS.C7H8O3S/c1-4-7-9-14(10-8-5-2)11-12(13)6-3;1-6-2-4-7(5-3-6)11(8,9)10/h4-11H2,1-3H3;2-5H,1H3,(H,8,9,10)/q+1;/p-1. The van der Waals surface area contributed by atoms with Crippen LogP contribution in [0.3, 0.4) is 0 Å². The van der Waals surface area contributed by atoms with Crippen LogP contribution < -0.4 is 0 Å². The molecule has 0 atom stereocenters. The molecule has 1 aromatic carbocycles. The SMILES string of the molecule is CCCC[S+](CCCC)CC(=O)CC.Cc1ccc(S(=O)(=O)[O-])cc1. The van der Waals surface area contributed by atoms with E-state index in [2.05, 4.69) is 13.8 Å². The quantitative estimate of drug-likeness (QED) is 0.447. The van der Waals surface area contributed by atoms with Gasteiger partial charge in [-0.25, -0.2) is 8.42 Å². The van der Waals surface area contributed by atoms with E-state index in [1.54, 1.807) is 12.1 Å². The Kier molecular flexibility index (Phi) is 12.9. The molecule has 0 fully saturated rings. The van der Waals surface area contributed by atoms with Crippen LogP contribution in [0.1, 0.15) is 58.4 Å². The van der Waals surface area contributed by atoms with Crippen molar-refractivity contribution in [1.82, 2.24) is 0 Å². The van der Waals surface area contributed by atoms with Crippen LogP contribution in [0.2, 0.25) is 0 Å². The van der Waals surface area contributed by atoms with E-state index in [9.17, 15) is 17.8 Å². The summed E-state index contributed by atoms with van der Waals surface area (Å²) in [5.74, 6) is 3.88. The lowest BCUT2D eigenvalue weighted by Gasteiger charge is -2.06. The molecular formula is C19H32O4S2. The molecule has 0 heterocycles. The fraction of sp³-hybridized carbons (Fsp3) is 0.632. The van der Waals surface area contributed by atoms with Crippen LogP contribution in [0.5, 0.6) is 0 Å². The van der Waals surface area contributed by atoms with Crippen LogP contribution in [0, 0.1) is 6.92 Å². The molecule has 4 nitrogen and oxygen atoms in total. The van der Waals surface area contributed by atoms with E-state index >= 15 is 0 Å². The van der Waals surface area contributed by atoms with Crippen molar-refractivity contribution in [2.45, 2.75) is 64.7 Å². The monoisotopic (exact) mass is 388 g/mol. The zero-order valence-corrected chi connectivity index (χ0v) is 17.5. The summed E-state index contributed by atoms with van der Waals surface area (Å²) < 4.78 is 31.2. The molecule has 0 amide bonds. The summed E-state index contributed by atoms with van der Waals surface area (Å²) >= 11 is 0. The van der Waals surface area contributed by atoms with Crippen LogP contribution in [-0.2, 0) is 25.8 Å². The lowest BCUT2D eigenvalue weighted by Crippen LogP contribution is -2.22. The van der Waals surface area contributed by atoms with Gasteiger partial charge in [-0.2, -0.15) is 0 Å². The minimum atomic E-state index is -4.27. The van der Waals surface area contributed by atoms with Crippen molar-refractivity contribution < 1.29 is 17.8 Å². The van der Waals surface area contributed by atoms with Crippen LogP contribution >= 0.6 is 0 Å². The first kappa shape index (κ1) is 24.1. The molecule has 0 N–H and O–H groups in total. The summed E-state index contributed by atoms with van der Waals surface area (Å²) in [5, 5.41) is 0. The van der Waals surface area contributed by atoms with Gasteiger partial charge in [0, 0.05) is 6.42 Å². The van der Waals surface area contributed by atoms with E-state index < -0.39 is 10.1 Å². The second-order valence-electron chi connectivity index (χ2n) is 6.03. The van der Waals surface area contributed by atoms with Crippen LogP contribution in [-0.4, -0.2) is 36.0 Å². The molecule has 1 aromatic rings. The number of aryl methyl sites for hydroxylation is 1. The Balaban J connectivity index is 0.000000472. The van der Waals surface area contributed by atoms with E-state index in [-0.39, 0.29) is 4.90 Å². The van der Waals surface area contributed by atoms with Crippen molar-refractivity contribution >= 4 is 26.8 Å². The Morgan fingerprint density at radius 3 is 1.84 bits per heavy atom. The third kappa shape index (κ3) is 12.2. The maximum absolute atomic E-state index is 11.4. The number of hydrogen-bond donors (Lipinski definition) is 0. The number of carbonyl (C=O) groups excluding carboxylic acids is 1. The number of carbonyl (C=O) groups is 1. The second-order valence-corrected chi connectivity index (χ2v) is 9.74. The Labute approximate surface area is 156 Å². The summed E-state index contributed by atoms with van der Waals surface area (Å²) in [6, 6.07) is 5.78. The van der Waals surface area contributed by atoms with E-state index in [1.807, 2.05) is 13.8 Å². The first-order valence-corrected chi connectivity index (χ1v) is 12.1. The third-order valence-electron chi connectivity index (χ3n) is 3.64. The van der Waals surface area contributed by atoms with Crippen LogP contribution in [0.4, 0.5) is 0 Å². The van der Waals surface area contributed by atoms with Gasteiger partial charge in [-0.05, 0) is 42.8 Å². The van der Waals surface area contributed by atoms with Crippen molar-refractivity contribution in [1.29, 1.82) is 0 Å². The van der Waals surface area contributed by atoms with Gasteiger partial charge >= 0.3 is 0 Å². The van der Waals surface area contributed by atoms with Crippen LogP contribution in [0.25, 0.3) is 0 Å². The van der Waals surface area contributed by atoms with Gasteiger partial charge in [0.25, 0.3) is 0 Å². The second kappa shape index (κ2) is 13.4. The fourth-order valence-corrected chi connectivity index (χ4v) is 4.99. The molecule has 6 heteroatoms. The van der Waals surface area contributed by atoms with Gasteiger partial charge < -0.3 is 4.55 Å². The number of unbranched alkanes of at least 4 members (excludes halogenated alkanes) is 2.